The lowest BCUT2D eigenvalue weighted by Gasteiger charge is -2.23. The number of hydrogen-bond acceptors (Lipinski definition) is 6. The molecule has 0 amide bonds. The van der Waals surface area contributed by atoms with Crippen LogP contribution in [0.3, 0.4) is 0 Å². The van der Waals surface area contributed by atoms with Crippen LogP contribution in [0.4, 0.5) is 11.4 Å². The van der Waals surface area contributed by atoms with E-state index in [0.717, 1.165) is 54.1 Å². The molecule has 380 valence electrons. The number of rotatable bonds is 11. The van der Waals surface area contributed by atoms with Crippen LogP contribution in [-0.2, 0) is 0 Å². The molecule has 7 aromatic carbocycles. The molecule has 0 saturated carbocycles. The van der Waals surface area contributed by atoms with E-state index in [1.807, 2.05) is 87.7 Å². The van der Waals surface area contributed by atoms with Crippen molar-refractivity contribution in [1.29, 1.82) is 0 Å². The van der Waals surface area contributed by atoms with Gasteiger partial charge in [-0.2, -0.15) is 0 Å². The minimum absolute atomic E-state index is 0.296. The number of para-hydroxylation sites is 3. The third-order valence-electron chi connectivity index (χ3n) is 12.1. The summed E-state index contributed by atoms with van der Waals surface area (Å²) in [4.78, 5) is 2.08. The number of hydrogen-bond donors (Lipinski definition) is 1. The lowest BCUT2D eigenvalue weighted by Crippen LogP contribution is -2.10. The van der Waals surface area contributed by atoms with Crippen LogP contribution >= 0.6 is 55.1 Å². The highest BCUT2D eigenvalue weighted by Crippen LogP contribution is 2.38. The molecule has 1 aromatic heterocycles. The lowest BCUT2D eigenvalue weighted by atomic mass is 9.92. The van der Waals surface area contributed by atoms with E-state index in [1.165, 1.54) is 39.2 Å². The van der Waals surface area contributed by atoms with Gasteiger partial charge in [-0.05, 0) is 107 Å². The van der Waals surface area contributed by atoms with Gasteiger partial charge in [0, 0.05) is 56.7 Å². The summed E-state index contributed by atoms with van der Waals surface area (Å²) in [5, 5.41) is 18.0. The van der Waals surface area contributed by atoms with Crippen LogP contribution < -0.4 is 10.6 Å². The highest BCUT2D eigenvalue weighted by Gasteiger charge is 2.24. The normalized spacial score (nSPS) is 11.5. The van der Waals surface area contributed by atoms with Gasteiger partial charge in [-0.25, -0.2) is 0 Å². The largest absolute Gasteiger partial charge is 0.398 e. The number of nitrogens with two attached hydrogens (primary N) is 1. The van der Waals surface area contributed by atoms with Crippen molar-refractivity contribution in [3.05, 3.63) is 217 Å². The molecule has 0 aliphatic carbocycles. The SMILES string of the molecule is CC(C)c1cccc(C(C)C)c1N.CN(C)c1ccccc1.Cc1ccccc1-c1nnc(-c2ccc(Br)cc2)n1-c1c(C(C)C)cccc1C(C)C.Cc1ccccc1/C(Cl)=N/N=C(\Cl)c1ccc(Br)cc1. The average Bonchev–Trinajstić information content (AvgIpc) is 3.81. The van der Waals surface area contributed by atoms with Gasteiger partial charge in [0.15, 0.2) is 22.0 Å². The lowest BCUT2D eigenvalue weighted by molar-refractivity contribution is 0.807. The van der Waals surface area contributed by atoms with E-state index in [4.69, 9.17) is 39.1 Å². The predicted octanol–water partition coefficient (Wildman–Crippen LogP) is 18.5. The number of benzene rings is 7. The molecule has 2 N–H and O–H groups in total. The standard InChI is InChI=1S/C27H28BrN3.C15H11BrCl2N2.C12H19N.C8H11N/c1-17(2)22-11-8-12-23(18(3)4)25(22)31-26(20-13-15-21(28)16-14-20)29-30-27(31)24-10-7-6-9-19(24)5;1-10-4-2-3-5-13(10)15(18)20-19-14(17)11-6-8-12(16)9-7-11;1-8(2)10-6-5-7-11(9(3)4)12(10)13;1-9(2)8-6-4-3-5-7-8/h6-18H,1-5H3;2-9H,1H3;5-9H,13H2,1-4H3;3-7H,1-2H3/b;19-14-,20-15-;;. The van der Waals surface area contributed by atoms with Gasteiger partial charge in [-0.15, -0.1) is 20.4 Å². The van der Waals surface area contributed by atoms with Gasteiger partial charge < -0.3 is 10.6 Å². The van der Waals surface area contributed by atoms with E-state index in [1.54, 1.807) is 0 Å². The number of aryl methyl sites for hydroxylation is 2. The fraction of sp³-hybridized carbons (Fsp3) is 0.258. The Balaban J connectivity index is 0.000000201. The van der Waals surface area contributed by atoms with Crippen molar-refractivity contribution in [2.24, 2.45) is 10.2 Å². The fourth-order valence-electron chi connectivity index (χ4n) is 7.98. The molecular formula is C62H69Br2Cl2N7. The molecule has 1 heterocycles. The molecule has 0 spiro atoms. The highest BCUT2D eigenvalue weighted by atomic mass is 79.9. The Morgan fingerprint density at radius 1 is 0.507 bits per heavy atom. The van der Waals surface area contributed by atoms with Crippen LogP contribution in [0.1, 0.15) is 124 Å². The minimum atomic E-state index is 0.296. The molecule has 7 nitrogen and oxygen atoms in total. The summed E-state index contributed by atoms with van der Waals surface area (Å²) < 4.78 is 4.30. The third-order valence-corrected chi connectivity index (χ3v) is 13.7. The Kier molecular flexibility index (Phi) is 22.3. The second-order valence-electron chi connectivity index (χ2n) is 19.1. The maximum Gasteiger partial charge on any atom is 0.169 e. The van der Waals surface area contributed by atoms with Crippen molar-refractivity contribution in [3.63, 3.8) is 0 Å². The van der Waals surface area contributed by atoms with Gasteiger partial charge in [-0.1, -0.05) is 238 Å². The Morgan fingerprint density at radius 3 is 1.42 bits per heavy atom. The second kappa shape index (κ2) is 28.0. The van der Waals surface area contributed by atoms with Crippen LogP contribution in [0.25, 0.3) is 28.5 Å². The number of nitrogen functional groups attached to an aromatic ring is 1. The molecule has 0 atom stereocenters. The van der Waals surface area contributed by atoms with Gasteiger partial charge >= 0.3 is 0 Å². The zero-order valence-electron chi connectivity index (χ0n) is 44.2. The first kappa shape index (κ1) is 58.1. The minimum Gasteiger partial charge on any atom is -0.398 e. The molecule has 8 aromatic rings. The molecule has 8 rings (SSSR count). The van der Waals surface area contributed by atoms with Gasteiger partial charge in [0.05, 0.1) is 5.69 Å². The summed E-state index contributed by atoms with van der Waals surface area (Å²) in [6.07, 6.45) is 0. The van der Waals surface area contributed by atoms with E-state index in [-0.39, 0.29) is 0 Å². The highest BCUT2D eigenvalue weighted by molar-refractivity contribution is 9.10. The van der Waals surface area contributed by atoms with E-state index < -0.39 is 0 Å². The molecular weight excluding hydrogens is 1070 g/mol. The number of halogens is 4. The van der Waals surface area contributed by atoms with Crippen molar-refractivity contribution in [3.8, 4) is 28.5 Å². The maximum atomic E-state index is 6.15. The maximum absolute atomic E-state index is 6.15. The summed E-state index contributed by atoms with van der Waals surface area (Å²) >= 11 is 19.2. The van der Waals surface area contributed by atoms with Crippen LogP contribution in [0.15, 0.2) is 183 Å². The molecule has 73 heavy (non-hydrogen) atoms. The van der Waals surface area contributed by atoms with Crippen molar-refractivity contribution in [2.45, 2.75) is 92.9 Å². The first-order valence-corrected chi connectivity index (χ1v) is 26.9. The second-order valence-corrected chi connectivity index (χ2v) is 21.6. The third kappa shape index (κ3) is 16.1. The Hall–Kier alpha value is -5.84. The Labute approximate surface area is 461 Å². The van der Waals surface area contributed by atoms with Crippen molar-refractivity contribution >= 4 is 76.8 Å². The summed E-state index contributed by atoms with van der Waals surface area (Å²) in [5.74, 6) is 3.52. The summed E-state index contributed by atoms with van der Waals surface area (Å²) in [7, 11) is 4.07. The van der Waals surface area contributed by atoms with Crippen LogP contribution in [0.5, 0.6) is 0 Å². The molecule has 0 aliphatic heterocycles. The predicted molar refractivity (Wildman–Crippen MR) is 323 cm³/mol. The molecule has 11 heteroatoms. The van der Waals surface area contributed by atoms with Gasteiger partial charge in [0.1, 0.15) is 0 Å². The molecule has 0 radical (unpaired) electrons. The van der Waals surface area contributed by atoms with Crippen molar-refractivity contribution in [2.75, 3.05) is 24.7 Å². The van der Waals surface area contributed by atoms with Crippen LogP contribution in [0, 0.1) is 13.8 Å². The van der Waals surface area contributed by atoms with E-state index in [2.05, 4.69) is 211 Å². The van der Waals surface area contributed by atoms with Crippen molar-refractivity contribution < 1.29 is 0 Å². The number of aromatic nitrogens is 3. The fourth-order valence-corrected chi connectivity index (χ4v) is 8.92. The molecule has 0 aliphatic rings. The summed E-state index contributed by atoms with van der Waals surface area (Å²) in [6, 6.07) is 55.1. The molecule has 0 unspecified atom stereocenters. The quantitative estimate of drug-likeness (QED) is 0.0794. The average molecular weight is 1140 g/mol. The number of nitrogens with zero attached hydrogens (tertiary/aromatic N) is 6. The molecule has 0 bridgehead atoms. The van der Waals surface area contributed by atoms with Crippen LogP contribution in [-0.4, -0.2) is 39.2 Å². The zero-order valence-corrected chi connectivity index (χ0v) is 48.9. The summed E-state index contributed by atoms with van der Waals surface area (Å²) in [6.45, 7) is 21.8. The monoisotopic (exact) mass is 1140 g/mol. The Morgan fingerprint density at radius 2 is 0.945 bits per heavy atom. The topological polar surface area (TPSA) is 84.7 Å². The van der Waals surface area contributed by atoms with Gasteiger partial charge in [0.25, 0.3) is 0 Å². The first-order valence-electron chi connectivity index (χ1n) is 24.6. The van der Waals surface area contributed by atoms with E-state index in [0.29, 0.717) is 34.0 Å². The number of anilines is 2. The molecule has 0 saturated heterocycles. The smallest absolute Gasteiger partial charge is 0.169 e. The van der Waals surface area contributed by atoms with E-state index in [9.17, 15) is 0 Å². The van der Waals surface area contributed by atoms with Gasteiger partial charge in [0.2, 0.25) is 0 Å². The van der Waals surface area contributed by atoms with Crippen LogP contribution in [0.2, 0.25) is 0 Å². The molecule has 0 fully saturated rings. The van der Waals surface area contributed by atoms with Gasteiger partial charge in [-0.3, -0.25) is 4.57 Å². The summed E-state index contributed by atoms with van der Waals surface area (Å²) in [5.41, 5.74) is 20.7. The Bertz CT molecular complexity index is 3020. The first-order chi connectivity index (χ1) is 34.8. The zero-order chi connectivity index (χ0) is 53.4. The van der Waals surface area contributed by atoms with E-state index >= 15 is 0 Å². The van der Waals surface area contributed by atoms with Crippen molar-refractivity contribution in [1.82, 2.24) is 14.8 Å².